The monoisotopic (exact) mass is 498 g/mol. The highest BCUT2D eigenvalue weighted by molar-refractivity contribution is 6.23. The van der Waals surface area contributed by atoms with Gasteiger partial charge in [0.15, 0.2) is 0 Å². The molecule has 0 amide bonds. The van der Waals surface area contributed by atoms with Gasteiger partial charge in [0.05, 0.1) is 0 Å². The summed E-state index contributed by atoms with van der Waals surface area (Å²) in [6.07, 6.45) is 0. The molecule has 0 bridgehead atoms. The molecule has 186 valence electrons. The molecule has 0 heteroatoms. The summed E-state index contributed by atoms with van der Waals surface area (Å²) >= 11 is 0. The van der Waals surface area contributed by atoms with E-state index in [-0.39, 0.29) is 0 Å². The third-order valence-electron chi connectivity index (χ3n) is 7.93. The van der Waals surface area contributed by atoms with E-state index in [2.05, 4.69) is 148 Å². The molecule has 0 N–H and O–H groups in total. The molecule has 7 rings (SSSR count). The van der Waals surface area contributed by atoms with E-state index in [4.69, 9.17) is 0 Å². The van der Waals surface area contributed by atoms with Crippen LogP contribution in [0.15, 0.2) is 127 Å². The molecular formula is C39H30. The summed E-state index contributed by atoms with van der Waals surface area (Å²) in [5.41, 5.74) is 11.5. The Hall–Kier alpha value is -4.68. The highest BCUT2D eigenvalue weighted by Gasteiger charge is 2.20. The molecule has 0 unspecified atom stereocenters. The van der Waals surface area contributed by atoms with Crippen molar-refractivity contribution in [3.05, 3.63) is 144 Å². The second-order valence-corrected chi connectivity index (χ2v) is 10.8. The van der Waals surface area contributed by atoms with E-state index in [9.17, 15) is 0 Å². The van der Waals surface area contributed by atoms with Gasteiger partial charge < -0.3 is 0 Å². The Balaban J connectivity index is 1.69. The summed E-state index contributed by atoms with van der Waals surface area (Å²) in [5, 5.41) is 7.70. The Morgan fingerprint density at radius 1 is 0.333 bits per heavy atom. The van der Waals surface area contributed by atoms with Crippen LogP contribution in [-0.4, -0.2) is 0 Å². The van der Waals surface area contributed by atoms with Crippen LogP contribution in [0.25, 0.3) is 65.7 Å². The van der Waals surface area contributed by atoms with E-state index in [0.717, 1.165) is 0 Å². The van der Waals surface area contributed by atoms with Gasteiger partial charge in [0.1, 0.15) is 0 Å². The number of hydrogen-bond acceptors (Lipinski definition) is 0. The Morgan fingerprint density at radius 2 is 0.897 bits per heavy atom. The predicted octanol–water partition coefficient (Wildman–Crippen LogP) is 11.1. The number of hydrogen-bond donors (Lipinski definition) is 0. The van der Waals surface area contributed by atoms with Crippen molar-refractivity contribution in [1.82, 2.24) is 0 Å². The average molecular weight is 499 g/mol. The van der Waals surface area contributed by atoms with Gasteiger partial charge in [-0.25, -0.2) is 0 Å². The van der Waals surface area contributed by atoms with Crippen molar-refractivity contribution in [1.29, 1.82) is 0 Å². The number of aryl methyl sites for hydroxylation is 3. The fourth-order valence-corrected chi connectivity index (χ4v) is 6.32. The first kappa shape index (κ1) is 23.4. The minimum absolute atomic E-state index is 1.24. The molecule has 0 heterocycles. The van der Waals surface area contributed by atoms with Gasteiger partial charge in [0, 0.05) is 0 Å². The summed E-state index contributed by atoms with van der Waals surface area (Å²) in [5.74, 6) is 0. The molecule has 0 aliphatic carbocycles. The van der Waals surface area contributed by atoms with Crippen LogP contribution in [0.5, 0.6) is 0 Å². The summed E-state index contributed by atoms with van der Waals surface area (Å²) in [6.45, 7) is 6.59. The van der Waals surface area contributed by atoms with E-state index in [1.54, 1.807) is 0 Å². The molecule has 7 aromatic carbocycles. The maximum atomic E-state index is 2.40. The van der Waals surface area contributed by atoms with Gasteiger partial charge in [0.25, 0.3) is 0 Å². The summed E-state index contributed by atoms with van der Waals surface area (Å²) < 4.78 is 0. The summed E-state index contributed by atoms with van der Waals surface area (Å²) in [4.78, 5) is 0. The third-order valence-corrected chi connectivity index (χ3v) is 7.93. The molecule has 0 spiro atoms. The normalized spacial score (nSPS) is 11.5. The van der Waals surface area contributed by atoms with E-state index in [1.165, 1.54) is 82.4 Å². The minimum atomic E-state index is 1.24. The number of rotatable bonds is 3. The van der Waals surface area contributed by atoms with Crippen LogP contribution >= 0.6 is 0 Å². The van der Waals surface area contributed by atoms with Crippen LogP contribution in [0.1, 0.15) is 16.7 Å². The lowest BCUT2D eigenvalue weighted by molar-refractivity contribution is 1.39. The van der Waals surface area contributed by atoms with Crippen LogP contribution in [0.3, 0.4) is 0 Å². The van der Waals surface area contributed by atoms with Crippen LogP contribution in [-0.2, 0) is 0 Å². The van der Waals surface area contributed by atoms with Crippen LogP contribution in [0, 0.1) is 20.8 Å². The van der Waals surface area contributed by atoms with Gasteiger partial charge in [-0.05, 0) is 98.6 Å². The lowest BCUT2D eigenvalue weighted by Gasteiger charge is -2.21. The molecule has 0 saturated carbocycles. The van der Waals surface area contributed by atoms with Gasteiger partial charge >= 0.3 is 0 Å². The van der Waals surface area contributed by atoms with Gasteiger partial charge in [-0.3, -0.25) is 0 Å². The van der Waals surface area contributed by atoms with Crippen molar-refractivity contribution in [2.45, 2.75) is 20.8 Å². The standard InChI is InChI=1S/C39H30/c1-25-17-18-34-36(22-25)39(33-16-10-9-15-32(33)38(34)31-20-26(2)19-27(3)21-31)37-24-30-14-8-7-13-29(30)23-35(37)28-11-5-4-6-12-28/h4-24H,1-3H3. The third kappa shape index (κ3) is 4.01. The molecule has 0 nitrogen and oxygen atoms in total. The first-order chi connectivity index (χ1) is 19.1. The maximum Gasteiger partial charge on any atom is -0.00198 e. The smallest absolute Gasteiger partial charge is 0.00198 e. The van der Waals surface area contributed by atoms with Gasteiger partial charge in [0.2, 0.25) is 0 Å². The molecule has 0 saturated heterocycles. The second-order valence-electron chi connectivity index (χ2n) is 10.8. The molecule has 0 aromatic heterocycles. The molecular weight excluding hydrogens is 468 g/mol. The zero-order chi connectivity index (χ0) is 26.5. The summed E-state index contributed by atoms with van der Waals surface area (Å²) in [6, 6.07) is 47.2. The second kappa shape index (κ2) is 9.26. The van der Waals surface area contributed by atoms with E-state index in [1.807, 2.05) is 0 Å². The number of benzene rings is 7. The molecule has 0 aliphatic rings. The molecule has 7 aromatic rings. The molecule has 0 atom stereocenters. The molecule has 0 fully saturated rings. The van der Waals surface area contributed by atoms with Crippen molar-refractivity contribution >= 4 is 32.3 Å². The van der Waals surface area contributed by atoms with Crippen molar-refractivity contribution in [2.75, 3.05) is 0 Å². The first-order valence-electron chi connectivity index (χ1n) is 13.7. The molecule has 0 radical (unpaired) electrons. The van der Waals surface area contributed by atoms with E-state index < -0.39 is 0 Å². The molecule has 0 aliphatic heterocycles. The van der Waals surface area contributed by atoms with Gasteiger partial charge in [-0.15, -0.1) is 0 Å². The van der Waals surface area contributed by atoms with Crippen molar-refractivity contribution in [3.8, 4) is 33.4 Å². The zero-order valence-corrected chi connectivity index (χ0v) is 22.6. The van der Waals surface area contributed by atoms with Gasteiger partial charge in [-0.1, -0.05) is 132 Å². The topological polar surface area (TPSA) is 0 Å². The van der Waals surface area contributed by atoms with Crippen molar-refractivity contribution in [3.63, 3.8) is 0 Å². The Kier molecular flexibility index (Phi) is 5.56. The zero-order valence-electron chi connectivity index (χ0n) is 22.6. The Morgan fingerprint density at radius 3 is 1.59 bits per heavy atom. The maximum absolute atomic E-state index is 2.40. The van der Waals surface area contributed by atoms with E-state index >= 15 is 0 Å². The first-order valence-corrected chi connectivity index (χ1v) is 13.7. The summed E-state index contributed by atoms with van der Waals surface area (Å²) in [7, 11) is 0. The Bertz CT molecular complexity index is 2010. The number of fused-ring (bicyclic) bond motifs is 3. The highest BCUT2D eigenvalue weighted by Crippen LogP contribution is 2.47. The lowest BCUT2D eigenvalue weighted by Crippen LogP contribution is -1.94. The fourth-order valence-electron chi connectivity index (χ4n) is 6.32. The van der Waals surface area contributed by atoms with Crippen LogP contribution < -0.4 is 0 Å². The predicted molar refractivity (Wildman–Crippen MR) is 169 cm³/mol. The van der Waals surface area contributed by atoms with Crippen molar-refractivity contribution < 1.29 is 0 Å². The SMILES string of the molecule is Cc1cc(C)cc(-c2c3ccccc3c(-c3cc4ccccc4cc3-c3ccccc3)c3cc(C)ccc23)c1. The molecule has 39 heavy (non-hydrogen) atoms. The average Bonchev–Trinajstić information content (AvgIpc) is 2.95. The minimum Gasteiger partial charge on any atom is -0.0622 e. The lowest BCUT2D eigenvalue weighted by atomic mass is 9.82. The van der Waals surface area contributed by atoms with Crippen LogP contribution in [0.4, 0.5) is 0 Å². The highest BCUT2D eigenvalue weighted by atomic mass is 14.2. The fraction of sp³-hybridized carbons (Fsp3) is 0.0769. The van der Waals surface area contributed by atoms with Crippen molar-refractivity contribution in [2.24, 2.45) is 0 Å². The Labute approximate surface area is 230 Å². The van der Waals surface area contributed by atoms with E-state index in [0.29, 0.717) is 0 Å². The van der Waals surface area contributed by atoms with Gasteiger partial charge in [-0.2, -0.15) is 0 Å². The van der Waals surface area contributed by atoms with Crippen LogP contribution in [0.2, 0.25) is 0 Å². The quantitative estimate of drug-likeness (QED) is 0.213. The largest absolute Gasteiger partial charge is 0.0622 e.